The maximum Gasteiger partial charge on any atom is 0.252 e. The summed E-state index contributed by atoms with van der Waals surface area (Å²) in [5.74, 6) is -0.188. The van der Waals surface area contributed by atoms with Crippen molar-refractivity contribution < 1.29 is 4.79 Å². The van der Waals surface area contributed by atoms with Gasteiger partial charge in [0, 0.05) is 24.5 Å². The maximum atomic E-state index is 12.3. The molecule has 5 nitrogen and oxygen atoms in total. The van der Waals surface area contributed by atoms with Crippen molar-refractivity contribution >= 4 is 16.8 Å². The third kappa shape index (κ3) is 3.20. The van der Waals surface area contributed by atoms with Crippen molar-refractivity contribution in [3.05, 3.63) is 75.3 Å². The van der Waals surface area contributed by atoms with Crippen LogP contribution in [0.15, 0.2) is 47.5 Å². The monoisotopic (exact) mass is 321 g/mol. The minimum Gasteiger partial charge on any atom is -0.352 e. The summed E-state index contributed by atoms with van der Waals surface area (Å²) < 4.78 is 0. The number of aromatic nitrogens is 2. The Morgan fingerprint density at radius 1 is 1.25 bits per heavy atom. The first-order valence-corrected chi connectivity index (χ1v) is 7.86. The molecule has 0 aliphatic carbocycles. The maximum absolute atomic E-state index is 12.3. The highest BCUT2D eigenvalue weighted by Crippen LogP contribution is 2.18. The van der Waals surface area contributed by atoms with E-state index in [-0.39, 0.29) is 11.5 Å². The molecule has 0 aliphatic rings. The molecular formula is C19H19N3O2. The van der Waals surface area contributed by atoms with Crippen molar-refractivity contribution in [3.63, 3.8) is 0 Å². The molecule has 3 aromatic rings. The molecule has 0 aliphatic heterocycles. The van der Waals surface area contributed by atoms with Crippen molar-refractivity contribution in [2.45, 2.75) is 20.3 Å². The Balaban J connectivity index is 1.74. The molecular weight excluding hydrogens is 302 g/mol. The van der Waals surface area contributed by atoms with Gasteiger partial charge < -0.3 is 10.3 Å². The number of amides is 1. The SMILES string of the molecule is Cc1ccc2cc(CCNC(=O)c3cccnc3)c(=O)[nH]c2c1C. The quantitative estimate of drug-likeness (QED) is 0.775. The van der Waals surface area contributed by atoms with E-state index in [1.807, 2.05) is 32.0 Å². The summed E-state index contributed by atoms with van der Waals surface area (Å²) in [7, 11) is 0. The van der Waals surface area contributed by atoms with Crippen LogP contribution in [0.25, 0.3) is 10.9 Å². The van der Waals surface area contributed by atoms with Crippen LogP contribution < -0.4 is 10.9 Å². The van der Waals surface area contributed by atoms with Crippen LogP contribution in [-0.4, -0.2) is 22.4 Å². The van der Waals surface area contributed by atoms with Crippen LogP contribution in [0.5, 0.6) is 0 Å². The number of nitrogens with zero attached hydrogens (tertiary/aromatic N) is 1. The molecule has 0 unspecified atom stereocenters. The van der Waals surface area contributed by atoms with E-state index in [9.17, 15) is 9.59 Å². The number of pyridine rings is 2. The molecule has 122 valence electrons. The molecule has 24 heavy (non-hydrogen) atoms. The number of aryl methyl sites for hydroxylation is 2. The van der Waals surface area contributed by atoms with Gasteiger partial charge in [0.2, 0.25) is 0 Å². The molecule has 0 radical (unpaired) electrons. The Morgan fingerprint density at radius 2 is 2.08 bits per heavy atom. The van der Waals surface area contributed by atoms with Gasteiger partial charge in [0.25, 0.3) is 11.5 Å². The summed E-state index contributed by atoms with van der Waals surface area (Å²) in [6, 6.07) is 9.37. The number of rotatable bonds is 4. The Hall–Kier alpha value is -2.95. The lowest BCUT2D eigenvalue weighted by molar-refractivity contribution is 0.0953. The first kappa shape index (κ1) is 15.9. The molecule has 2 aromatic heterocycles. The second kappa shape index (κ2) is 6.66. The van der Waals surface area contributed by atoms with Gasteiger partial charge in [0.15, 0.2) is 0 Å². The summed E-state index contributed by atoms with van der Waals surface area (Å²) in [6.45, 7) is 4.42. The van der Waals surface area contributed by atoms with Gasteiger partial charge >= 0.3 is 0 Å². The highest BCUT2D eigenvalue weighted by Gasteiger charge is 2.08. The minimum absolute atomic E-state index is 0.105. The standard InChI is InChI=1S/C19H19N3O2/c1-12-5-6-14-10-15(19(24)22-17(14)13(12)2)7-9-21-18(23)16-4-3-8-20-11-16/h3-6,8,10-11H,7,9H2,1-2H3,(H,21,23)(H,22,24). The van der Waals surface area contributed by atoms with E-state index in [4.69, 9.17) is 0 Å². The normalized spacial score (nSPS) is 10.8. The van der Waals surface area contributed by atoms with E-state index < -0.39 is 0 Å². The third-order valence-corrected chi connectivity index (χ3v) is 4.23. The number of aromatic amines is 1. The molecule has 0 saturated heterocycles. The van der Waals surface area contributed by atoms with E-state index in [1.54, 1.807) is 18.3 Å². The molecule has 0 saturated carbocycles. The second-order valence-corrected chi connectivity index (χ2v) is 5.84. The molecule has 2 N–H and O–H groups in total. The Bertz CT molecular complexity index is 946. The van der Waals surface area contributed by atoms with E-state index in [1.165, 1.54) is 6.20 Å². The van der Waals surface area contributed by atoms with Crippen molar-refractivity contribution in [3.8, 4) is 0 Å². The number of hydrogen-bond acceptors (Lipinski definition) is 3. The van der Waals surface area contributed by atoms with Gasteiger partial charge in [0.1, 0.15) is 0 Å². The molecule has 1 aromatic carbocycles. The Labute approximate surface area is 139 Å². The molecule has 5 heteroatoms. The fourth-order valence-electron chi connectivity index (χ4n) is 2.67. The van der Waals surface area contributed by atoms with Crippen LogP contribution in [0, 0.1) is 13.8 Å². The van der Waals surface area contributed by atoms with Crippen LogP contribution in [0.3, 0.4) is 0 Å². The lowest BCUT2D eigenvalue weighted by Crippen LogP contribution is -2.27. The minimum atomic E-state index is -0.188. The lowest BCUT2D eigenvalue weighted by atomic mass is 10.0. The number of benzene rings is 1. The van der Waals surface area contributed by atoms with Gasteiger partial charge in [-0.25, -0.2) is 0 Å². The molecule has 0 fully saturated rings. The molecule has 2 heterocycles. The van der Waals surface area contributed by atoms with Crippen LogP contribution in [0.1, 0.15) is 27.0 Å². The highest BCUT2D eigenvalue weighted by atomic mass is 16.1. The van der Waals surface area contributed by atoms with E-state index in [0.29, 0.717) is 24.1 Å². The van der Waals surface area contributed by atoms with Crippen molar-refractivity contribution in [1.29, 1.82) is 0 Å². The van der Waals surface area contributed by atoms with E-state index >= 15 is 0 Å². The Morgan fingerprint density at radius 3 is 2.83 bits per heavy atom. The zero-order valence-corrected chi connectivity index (χ0v) is 13.7. The number of carbonyl (C=O) groups excluding carboxylic acids is 1. The summed E-state index contributed by atoms with van der Waals surface area (Å²) in [4.78, 5) is 31.1. The van der Waals surface area contributed by atoms with Gasteiger partial charge in [0.05, 0.1) is 11.1 Å². The van der Waals surface area contributed by atoms with Gasteiger partial charge in [-0.15, -0.1) is 0 Å². The number of nitrogens with one attached hydrogen (secondary N) is 2. The topological polar surface area (TPSA) is 74.8 Å². The van der Waals surface area contributed by atoms with Crippen LogP contribution in [-0.2, 0) is 6.42 Å². The first-order chi connectivity index (χ1) is 11.6. The number of carbonyl (C=O) groups is 1. The van der Waals surface area contributed by atoms with Crippen LogP contribution in [0.4, 0.5) is 0 Å². The molecule has 1 amide bonds. The zero-order valence-electron chi connectivity index (χ0n) is 13.7. The largest absolute Gasteiger partial charge is 0.352 e. The predicted octanol–water partition coefficient (Wildman–Crippen LogP) is 2.51. The smallest absolute Gasteiger partial charge is 0.252 e. The van der Waals surface area contributed by atoms with Crippen molar-refractivity contribution in [1.82, 2.24) is 15.3 Å². The molecule has 0 bridgehead atoms. The number of fused-ring (bicyclic) bond motifs is 1. The Kier molecular flexibility index (Phi) is 4.42. The number of H-pyrrole nitrogens is 1. The van der Waals surface area contributed by atoms with Crippen molar-refractivity contribution in [2.75, 3.05) is 6.54 Å². The fourth-order valence-corrected chi connectivity index (χ4v) is 2.67. The second-order valence-electron chi connectivity index (χ2n) is 5.84. The average Bonchev–Trinajstić information content (AvgIpc) is 2.60. The van der Waals surface area contributed by atoms with Crippen molar-refractivity contribution in [2.24, 2.45) is 0 Å². The van der Waals surface area contributed by atoms with Gasteiger partial charge in [-0.1, -0.05) is 12.1 Å². The number of hydrogen-bond donors (Lipinski definition) is 2. The first-order valence-electron chi connectivity index (χ1n) is 7.86. The van der Waals surface area contributed by atoms with Gasteiger partial charge in [-0.2, -0.15) is 0 Å². The summed E-state index contributed by atoms with van der Waals surface area (Å²) >= 11 is 0. The van der Waals surface area contributed by atoms with Gasteiger partial charge in [-0.05, 0) is 55.0 Å². The fraction of sp³-hybridized carbons (Fsp3) is 0.211. The van der Waals surface area contributed by atoms with Crippen LogP contribution >= 0.6 is 0 Å². The molecule has 0 atom stereocenters. The average molecular weight is 321 g/mol. The summed E-state index contributed by atoms with van der Waals surface area (Å²) in [5, 5.41) is 3.82. The lowest BCUT2D eigenvalue weighted by Gasteiger charge is -2.08. The molecule has 0 spiro atoms. The van der Waals surface area contributed by atoms with E-state index in [0.717, 1.165) is 22.0 Å². The zero-order chi connectivity index (χ0) is 17.1. The highest BCUT2D eigenvalue weighted by molar-refractivity contribution is 5.93. The molecule has 3 rings (SSSR count). The van der Waals surface area contributed by atoms with Gasteiger partial charge in [-0.3, -0.25) is 14.6 Å². The predicted molar refractivity (Wildman–Crippen MR) is 94.3 cm³/mol. The summed E-state index contributed by atoms with van der Waals surface area (Å²) in [5.41, 5.74) is 4.18. The third-order valence-electron chi connectivity index (χ3n) is 4.23. The van der Waals surface area contributed by atoms with Crippen LogP contribution in [0.2, 0.25) is 0 Å². The summed E-state index contributed by atoms with van der Waals surface area (Å²) in [6.07, 6.45) is 3.61. The van der Waals surface area contributed by atoms with E-state index in [2.05, 4.69) is 15.3 Å².